The summed E-state index contributed by atoms with van der Waals surface area (Å²) in [7, 11) is 0. The van der Waals surface area contributed by atoms with Crippen LogP contribution in [0.5, 0.6) is 0 Å². The molecule has 0 aliphatic rings. The highest BCUT2D eigenvalue weighted by Crippen LogP contribution is 2.20. The van der Waals surface area contributed by atoms with Crippen LogP contribution in [0, 0.1) is 0 Å². The number of H-pyrrole nitrogens is 1. The maximum Gasteiger partial charge on any atom is 0.329 e. The number of rotatable bonds is 1. The maximum absolute atomic E-state index is 12.0. The zero-order valence-corrected chi connectivity index (χ0v) is 10.8. The van der Waals surface area contributed by atoms with Crippen molar-refractivity contribution in [2.45, 2.75) is 26.3 Å². The zero-order chi connectivity index (χ0) is 12.6. The Balaban J connectivity index is 2.66. The number of nitrogens with zero attached hydrogens (tertiary/aromatic N) is 1. The van der Waals surface area contributed by atoms with E-state index in [0.717, 1.165) is 4.88 Å². The van der Waals surface area contributed by atoms with Gasteiger partial charge in [-0.2, -0.15) is 0 Å². The second kappa shape index (κ2) is 4.00. The molecule has 0 spiro atoms. The summed E-state index contributed by atoms with van der Waals surface area (Å²) in [5.74, 6) is 0. The van der Waals surface area contributed by atoms with Gasteiger partial charge in [-0.15, -0.1) is 11.3 Å². The molecule has 5 heteroatoms. The fourth-order valence-electron chi connectivity index (χ4n) is 1.70. The highest BCUT2D eigenvalue weighted by atomic mass is 32.1. The third-order valence-corrected chi connectivity index (χ3v) is 3.29. The van der Waals surface area contributed by atoms with Crippen LogP contribution in [0.1, 0.15) is 20.8 Å². The van der Waals surface area contributed by atoms with Gasteiger partial charge in [-0.3, -0.25) is 9.36 Å². The summed E-state index contributed by atoms with van der Waals surface area (Å²) < 4.78 is 1.23. The van der Waals surface area contributed by atoms with Gasteiger partial charge < -0.3 is 4.98 Å². The van der Waals surface area contributed by atoms with E-state index >= 15 is 0 Å². The Morgan fingerprint density at radius 1 is 1.29 bits per heavy atom. The molecule has 0 unspecified atom stereocenters. The molecule has 0 atom stereocenters. The number of nitrogens with one attached hydrogen (secondary N) is 1. The van der Waals surface area contributed by atoms with Gasteiger partial charge in [-0.05, 0) is 32.2 Å². The van der Waals surface area contributed by atoms with Crippen LogP contribution in [0.4, 0.5) is 0 Å². The summed E-state index contributed by atoms with van der Waals surface area (Å²) in [5.41, 5.74) is -0.577. The largest absolute Gasteiger partial charge is 0.329 e. The molecule has 4 nitrogen and oxygen atoms in total. The second-order valence-corrected chi connectivity index (χ2v) is 5.76. The van der Waals surface area contributed by atoms with Crippen molar-refractivity contribution in [2.75, 3.05) is 0 Å². The number of aromatic amines is 1. The highest BCUT2D eigenvalue weighted by Gasteiger charge is 2.18. The predicted molar refractivity (Wildman–Crippen MR) is 69.6 cm³/mol. The minimum Gasteiger partial charge on any atom is -0.306 e. The van der Waals surface area contributed by atoms with E-state index in [9.17, 15) is 9.59 Å². The van der Waals surface area contributed by atoms with Crippen molar-refractivity contribution in [2.24, 2.45) is 0 Å². The molecule has 0 fully saturated rings. The fraction of sp³-hybridized carbons (Fsp3) is 0.333. The van der Waals surface area contributed by atoms with Crippen LogP contribution in [0.25, 0.3) is 10.6 Å². The summed E-state index contributed by atoms with van der Waals surface area (Å²) in [6.45, 7) is 5.48. The Morgan fingerprint density at radius 3 is 2.47 bits per heavy atom. The van der Waals surface area contributed by atoms with Crippen molar-refractivity contribution < 1.29 is 0 Å². The topological polar surface area (TPSA) is 54.9 Å². The van der Waals surface area contributed by atoms with Gasteiger partial charge in [-0.1, -0.05) is 6.07 Å². The van der Waals surface area contributed by atoms with Crippen molar-refractivity contribution in [3.05, 3.63) is 44.4 Å². The normalized spacial score (nSPS) is 11.7. The van der Waals surface area contributed by atoms with Crippen molar-refractivity contribution in [1.82, 2.24) is 9.55 Å². The molecular formula is C12H14N2O2S. The third-order valence-electron chi connectivity index (χ3n) is 2.39. The average molecular weight is 250 g/mol. The summed E-state index contributed by atoms with van der Waals surface area (Å²) in [5, 5.41) is 1.91. The van der Waals surface area contributed by atoms with Crippen LogP contribution in [0.3, 0.4) is 0 Å². The Labute approximate surface area is 103 Å². The first-order chi connectivity index (χ1) is 7.89. The molecular weight excluding hydrogens is 236 g/mol. The minimum absolute atomic E-state index is 0.273. The third kappa shape index (κ3) is 2.24. The van der Waals surface area contributed by atoms with Crippen LogP contribution in [-0.4, -0.2) is 9.55 Å². The molecule has 2 aromatic heterocycles. The van der Waals surface area contributed by atoms with Gasteiger partial charge in [0.05, 0.1) is 10.6 Å². The lowest BCUT2D eigenvalue weighted by Gasteiger charge is -2.20. The SMILES string of the molecule is CC(C)(C)n1c(=O)cc(-c2cccs2)[nH]c1=O. The molecule has 0 aliphatic carbocycles. The van der Waals surface area contributed by atoms with Gasteiger partial charge in [0.1, 0.15) is 0 Å². The van der Waals surface area contributed by atoms with E-state index in [-0.39, 0.29) is 11.2 Å². The fourth-order valence-corrected chi connectivity index (χ4v) is 2.39. The van der Waals surface area contributed by atoms with Gasteiger partial charge in [0.2, 0.25) is 0 Å². The molecule has 17 heavy (non-hydrogen) atoms. The first-order valence-electron chi connectivity index (χ1n) is 5.30. The van der Waals surface area contributed by atoms with E-state index in [4.69, 9.17) is 0 Å². The van der Waals surface area contributed by atoms with Crippen molar-refractivity contribution in [3.8, 4) is 10.6 Å². The van der Waals surface area contributed by atoms with Crippen molar-refractivity contribution in [3.63, 3.8) is 0 Å². The molecule has 0 radical (unpaired) electrons. The van der Waals surface area contributed by atoms with Gasteiger partial charge in [0.15, 0.2) is 0 Å². The van der Waals surface area contributed by atoms with E-state index in [1.54, 1.807) is 0 Å². The Morgan fingerprint density at radius 2 is 2.00 bits per heavy atom. The van der Waals surface area contributed by atoms with Gasteiger partial charge in [-0.25, -0.2) is 4.79 Å². The van der Waals surface area contributed by atoms with Crippen LogP contribution in [-0.2, 0) is 5.54 Å². The first kappa shape index (κ1) is 11.9. The molecule has 0 aromatic carbocycles. The maximum atomic E-state index is 12.0. The molecule has 2 aromatic rings. The van der Waals surface area contributed by atoms with E-state index < -0.39 is 5.54 Å². The molecule has 2 heterocycles. The quantitative estimate of drug-likeness (QED) is 0.841. The second-order valence-electron chi connectivity index (χ2n) is 4.81. The molecule has 90 valence electrons. The summed E-state index contributed by atoms with van der Waals surface area (Å²) in [4.78, 5) is 27.5. The van der Waals surface area contributed by atoms with Crippen LogP contribution in [0.2, 0.25) is 0 Å². The minimum atomic E-state index is -0.515. The van der Waals surface area contributed by atoms with E-state index in [1.807, 2.05) is 38.3 Å². The lowest BCUT2D eigenvalue weighted by Crippen LogP contribution is -2.44. The lowest BCUT2D eigenvalue weighted by molar-refractivity contribution is 0.367. The van der Waals surface area contributed by atoms with Gasteiger partial charge in [0.25, 0.3) is 5.56 Å². The average Bonchev–Trinajstić information content (AvgIpc) is 2.66. The first-order valence-corrected chi connectivity index (χ1v) is 6.18. The van der Waals surface area contributed by atoms with Crippen molar-refractivity contribution >= 4 is 11.3 Å². The van der Waals surface area contributed by atoms with E-state index in [0.29, 0.717) is 5.69 Å². The van der Waals surface area contributed by atoms with E-state index in [1.165, 1.54) is 22.0 Å². The standard InChI is InChI=1S/C12H14N2O2S/c1-12(2,3)14-10(15)7-8(13-11(14)16)9-5-4-6-17-9/h4-7H,1-3H3,(H,13,16). The molecule has 0 amide bonds. The van der Waals surface area contributed by atoms with Crippen LogP contribution in [0.15, 0.2) is 33.2 Å². The molecule has 0 saturated heterocycles. The van der Waals surface area contributed by atoms with Gasteiger partial charge in [0, 0.05) is 11.6 Å². The zero-order valence-electron chi connectivity index (χ0n) is 9.98. The summed E-state index contributed by atoms with van der Waals surface area (Å²) >= 11 is 1.49. The molecule has 0 aliphatic heterocycles. The van der Waals surface area contributed by atoms with Crippen molar-refractivity contribution in [1.29, 1.82) is 0 Å². The number of hydrogen-bond acceptors (Lipinski definition) is 3. The molecule has 2 rings (SSSR count). The molecule has 0 saturated carbocycles. The molecule has 0 bridgehead atoms. The highest BCUT2D eigenvalue weighted by molar-refractivity contribution is 7.13. The smallest absolute Gasteiger partial charge is 0.306 e. The number of hydrogen-bond donors (Lipinski definition) is 1. The van der Waals surface area contributed by atoms with Crippen LogP contribution >= 0.6 is 11.3 Å². The number of aromatic nitrogens is 2. The summed E-state index contributed by atoms with van der Waals surface area (Å²) in [6.07, 6.45) is 0. The summed E-state index contributed by atoms with van der Waals surface area (Å²) in [6, 6.07) is 5.23. The number of thiophene rings is 1. The van der Waals surface area contributed by atoms with Gasteiger partial charge >= 0.3 is 5.69 Å². The Bertz CT molecular complexity index is 599. The Hall–Kier alpha value is -1.62. The molecule has 1 N–H and O–H groups in total. The predicted octanol–water partition coefficient (Wildman–Crippen LogP) is 2.02. The van der Waals surface area contributed by atoms with E-state index in [2.05, 4.69) is 4.98 Å². The Kier molecular flexibility index (Phi) is 2.79. The monoisotopic (exact) mass is 250 g/mol. The lowest BCUT2D eigenvalue weighted by atomic mass is 10.1. The van der Waals surface area contributed by atoms with Crippen LogP contribution < -0.4 is 11.2 Å².